The predicted molar refractivity (Wildman–Crippen MR) is 77.0 cm³/mol. The van der Waals surface area contributed by atoms with Gasteiger partial charge in [0.2, 0.25) is 0 Å². The Morgan fingerprint density at radius 3 is 2.53 bits per heavy atom. The summed E-state index contributed by atoms with van der Waals surface area (Å²) in [7, 11) is 1.71. The molecule has 0 spiro atoms. The number of methoxy groups -OCH3 is 1. The van der Waals surface area contributed by atoms with Gasteiger partial charge in [-0.05, 0) is 41.9 Å². The van der Waals surface area contributed by atoms with Crippen molar-refractivity contribution in [2.75, 3.05) is 7.11 Å². The normalized spacial score (nSPS) is 10.8. The third-order valence-corrected chi connectivity index (χ3v) is 3.32. The van der Waals surface area contributed by atoms with Crippen LogP contribution < -0.4 is 4.74 Å². The van der Waals surface area contributed by atoms with Gasteiger partial charge in [-0.25, -0.2) is 0 Å². The molecule has 0 saturated carbocycles. The summed E-state index contributed by atoms with van der Waals surface area (Å²) in [4.78, 5) is 10.6. The lowest BCUT2D eigenvalue weighted by Crippen LogP contribution is -2.02. The van der Waals surface area contributed by atoms with E-state index in [1.54, 1.807) is 7.11 Å². The molecule has 3 heteroatoms. The van der Waals surface area contributed by atoms with Crippen molar-refractivity contribution in [1.29, 1.82) is 0 Å². The molecule has 106 valence electrons. The third-order valence-electron chi connectivity index (χ3n) is 3.32. The molecule has 0 heterocycles. The number of aliphatic carboxylic acids is 1. The van der Waals surface area contributed by atoms with Crippen molar-refractivity contribution in [3.63, 3.8) is 0 Å². The quantitative estimate of drug-likeness (QED) is 0.815. The Bertz CT molecular complexity index is 436. The molecule has 0 aliphatic heterocycles. The Morgan fingerprint density at radius 1 is 1.37 bits per heavy atom. The Hall–Kier alpha value is -1.51. The highest BCUT2D eigenvalue weighted by molar-refractivity contribution is 5.66. The van der Waals surface area contributed by atoms with Crippen molar-refractivity contribution in [3.8, 4) is 5.75 Å². The molecule has 19 heavy (non-hydrogen) atoms. The number of carboxylic acid groups (broad SMARTS) is 1. The van der Waals surface area contributed by atoms with Crippen LogP contribution in [0.15, 0.2) is 12.1 Å². The zero-order chi connectivity index (χ0) is 14.4. The van der Waals surface area contributed by atoms with Gasteiger partial charge < -0.3 is 9.84 Å². The van der Waals surface area contributed by atoms with Gasteiger partial charge in [0, 0.05) is 6.42 Å². The van der Waals surface area contributed by atoms with Crippen LogP contribution in [0, 0.1) is 0 Å². The topological polar surface area (TPSA) is 46.5 Å². The first-order valence-corrected chi connectivity index (χ1v) is 6.91. The monoisotopic (exact) mass is 264 g/mol. The summed E-state index contributed by atoms with van der Waals surface area (Å²) in [5.41, 5.74) is 3.63. The Labute approximate surface area is 115 Å². The van der Waals surface area contributed by atoms with Crippen LogP contribution in [0.2, 0.25) is 0 Å². The minimum Gasteiger partial charge on any atom is -0.496 e. The minimum absolute atomic E-state index is 0.227. The second-order valence-electron chi connectivity index (χ2n) is 5.13. The Morgan fingerprint density at radius 2 is 2.05 bits per heavy atom. The molecule has 0 saturated heterocycles. The first-order chi connectivity index (χ1) is 8.99. The molecule has 0 aliphatic carbocycles. The zero-order valence-electron chi connectivity index (χ0n) is 12.3. The maximum absolute atomic E-state index is 10.6. The SMILES string of the molecule is CCc1cc(CCCC(=O)O)cc(C(C)C)c1OC. The van der Waals surface area contributed by atoms with Crippen LogP contribution in [-0.2, 0) is 17.6 Å². The Balaban J connectivity index is 3.00. The van der Waals surface area contributed by atoms with Crippen molar-refractivity contribution in [3.05, 3.63) is 28.8 Å². The lowest BCUT2D eigenvalue weighted by atomic mass is 9.93. The maximum atomic E-state index is 10.6. The molecule has 0 bridgehead atoms. The highest BCUT2D eigenvalue weighted by atomic mass is 16.5. The standard InChI is InChI=1S/C16H24O3/c1-5-13-9-12(7-6-8-15(17)18)10-14(11(2)3)16(13)19-4/h9-11H,5-8H2,1-4H3,(H,17,18). The van der Waals surface area contributed by atoms with Gasteiger partial charge in [-0.3, -0.25) is 4.79 Å². The fourth-order valence-electron chi connectivity index (χ4n) is 2.31. The lowest BCUT2D eigenvalue weighted by molar-refractivity contribution is -0.137. The van der Waals surface area contributed by atoms with Gasteiger partial charge in [0.1, 0.15) is 5.75 Å². The molecular formula is C16H24O3. The van der Waals surface area contributed by atoms with E-state index in [9.17, 15) is 4.79 Å². The summed E-state index contributed by atoms with van der Waals surface area (Å²) < 4.78 is 5.53. The first kappa shape index (κ1) is 15.5. The van der Waals surface area contributed by atoms with Crippen LogP contribution >= 0.6 is 0 Å². The molecular weight excluding hydrogens is 240 g/mol. The third kappa shape index (κ3) is 4.27. The van der Waals surface area contributed by atoms with Crippen LogP contribution in [-0.4, -0.2) is 18.2 Å². The summed E-state index contributed by atoms with van der Waals surface area (Å²) in [6.45, 7) is 6.42. The Kier molecular flexibility index (Phi) is 5.87. The fourth-order valence-corrected chi connectivity index (χ4v) is 2.31. The predicted octanol–water partition coefficient (Wildman–Crippen LogP) is 3.79. The molecule has 0 aromatic heterocycles. The number of benzene rings is 1. The maximum Gasteiger partial charge on any atom is 0.303 e. The van der Waals surface area contributed by atoms with E-state index in [0.717, 1.165) is 18.6 Å². The molecule has 1 aromatic rings. The number of carboxylic acids is 1. The summed E-state index contributed by atoms with van der Waals surface area (Å²) in [5.74, 6) is 0.660. The van der Waals surface area contributed by atoms with Crippen LogP contribution in [0.1, 0.15) is 56.2 Å². The summed E-state index contributed by atoms with van der Waals surface area (Å²) in [6.07, 6.45) is 2.64. The molecule has 0 aliphatic rings. The average molecular weight is 264 g/mol. The number of rotatable bonds is 7. The van der Waals surface area contributed by atoms with Crippen molar-refractivity contribution < 1.29 is 14.6 Å². The van der Waals surface area contributed by atoms with E-state index in [-0.39, 0.29) is 6.42 Å². The zero-order valence-corrected chi connectivity index (χ0v) is 12.3. The van der Waals surface area contributed by atoms with Gasteiger partial charge in [-0.15, -0.1) is 0 Å². The van der Waals surface area contributed by atoms with Crippen molar-refractivity contribution in [2.24, 2.45) is 0 Å². The summed E-state index contributed by atoms with van der Waals surface area (Å²) in [5, 5.41) is 8.70. The fraction of sp³-hybridized carbons (Fsp3) is 0.562. The molecule has 1 N–H and O–H groups in total. The van der Waals surface area contributed by atoms with Crippen LogP contribution in [0.3, 0.4) is 0 Å². The van der Waals surface area contributed by atoms with E-state index in [4.69, 9.17) is 9.84 Å². The molecule has 0 unspecified atom stereocenters. The van der Waals surface area contributed by atoms with E-state index < -0.39 is 5.97 Å². The molecule has 1 aromatic carbocycles. The van der Waals surface area contributed by atoms with E-state index in [1.165, 1.54) is 16.7 Å². The molecule has 1 rings (SSSR count). The number of aryl methyl sites for hydroxylation is 2. The second kappa shape index (κ2) is 7.17. The van der Waals surface area contributed by atoms with Crippen molar-refractivity contribution in [1.82, 2.24) is 0 Å². The van der Waals surface area contributed by atoms with Gasteiger partial charge in [0.05, 0.1) is 7.11 Å². The van der Waals surface area contributed by atoms with E-state index in [2.05, 4.69) is 32.9 Å². The van der Waals surface area contributed by atoms with E-state index in [0.29, 0.717) is 12.3 Å². The summed E-state index contributed by atoms with van der Waals surface area (Å²) in [6, 6.07) is 4.30. The number of carbonyl (C=O) groups is 1. The smallest absolute Gasteiger partial charge is 0.303 e. The largest absolute Gasteiger partial charge is 0.496 e. The molecule has 0 amide bonds. The first-order valence-electron chi connectivity index (χ1n) is 6.91. The average Bonchev–Trinajstić information content (AvgIpc) is 2.36. The lowest BCUT2D eigenvalue weighted by Gasteiger charge is -2.17. The number of hydrogen-bond acceptors (Lipinski definition) is 2. The molecule has 0 fully saturated rings. The molecule has 0 radical (unpaired) electrons. The number of hydrogen-bond donors (Lipinski definition) is 1. The molecule has 3 nitrogen and oxygen atoms in total. The van der Waals surface area contributed by atoms with Crippen LogP contribution in [0.4, 0.5) is 0 Å². The van der Waals surface area contributed by atoms with Crippen molar-refractivity contribution >= 4 is 5.97 Å². The van der Waals surface area contributed by atoms with Crippen molar-refractivity contribution in [2.45, 2.75) is 52.4 Å². The van der Waals surface area contributed by atoms with Gasteiger partial charge in [0.25, 0.3) is 0 Å². The molecule has 0 atom stereocenters. The van der Waals surface area contributed by atoms with Crippen LogP contribution in [0.5, 0.6) is 5.75 Å². The van der Waals surface area contributed by atoms with E-state index >= 15 is 0 Å². The van der Waals surface area contributed by atoms with Gasteiger partial charge in [-0.2, -0.15) is 0 Å². The number of ether oxygens (including phenoxy) is 1. The second-order valence-corrected chi connectivity index (χ2v) is 5.13. The van der Waals surface area contributed by atoms with Gasteiger partial charge in [-0.1, -0.05) is 32.9 Å². The minimum atomic E-state index is -0.728. The highest BCUT2D eigenvalue weighted by Gasteiger charge is 2.13. The highest BCUT2D eigenvalue weighted by Crippen LogP contribution is 2.32. The van der Waals surface area contributed by atoms with Gasteiger partial charge >= 0.3 is 5.97 Å². The summed E-state index contributed by atoms with van der Waals surface area (Å²) >= 11 is 0. The van der Waals surface area contributed by atoms with Gasteiger partial charge in [0.15, 0.2) is 0 Å². The van der Waals surface area contributed by atoms with Crippen LogP contribution in [0.25, 0.3) is 0 Å². The van der Waals surface area contributed by atoms with E-state index in [1.807, 2.05) is 0 Å².